The van der Waals surface area contributed by atoms with E-state index in [-0.39, 0.29) is 0 Å². The predicted molar refractivity (Wildman–Crippen MR) is 49.8 cm³/mol. The zero-order chi connectivity index (χ0) is 8.39. The Labute approximate surface area is 71.6 Å². The molecule has 0 saturated heterocycles. The van der Waals surface area contributed by atoms with Crippen LogP contribution in [0.15, 0.2) is 23.3 Å². The van der Waals surface area contributed by atoms with Crippen LogP contribution in [0.4, 0.5) is 5.82 Å². The molecule has 3 nitrogen and oxygen atoms in total. The molecule has 1 aliphatic heterocycles. The van der Waals surface area contributed by atoms with Gasteiger partial charge in [0.05, 0.1) is 12.3 Å². The van der Waals surface area contributed by atoms with E-state index in [2.05, 4.69) is 22.2 Å². The summed E-state index contributed by atoms with van der Waals surface area (Å²) >= 11 is 0. The van der Waals surface area contributed by atoms with Crippen LogP contribution in [0, 0.1) is 0 Å². The van der Waals surface area contributed by atoms with Crippen molar-refractivity contribution in [1.82, 2.24) is 4.98 Å². The lowest BCUT2D eigenvalue weighted by Gasteiger charge is -2.01. The number of hydrogen-bond acceptors (Lipinski definition) is 3. The van der Waals surface area contributed by atoms with E-state index in [0.717, 1.165) is 18.9 Å². The minimum Gasteiger partial charge on any atom is -0.370 e. The monoisotopic (exact) mass is 161 g/mol. The molecule has 1 aliphatic rings. The molecule has 1 aromatic heterocycles. The molecule has 1 aromatic rings. The molecular weight excluding hydrogens is 150 g/mol. The molecule has 0 aliphatic carbocycles. The fourth-order valence-corrected chi connectivity index (χ4v) is 1.11. The van der Waals surface area contributed by atoms with E-state index >= 15 is 0 Å². The summed E-state index contributed by atoms with van der Waals surface area (Å²) in [7, 11) is 0. The molecule has 62 valence electrons. The Morgan fingerprint density at radius 2 is 2.42 bits per heavy atom. The average molecular weight is 161 g/mol. The van der Waals surface area contributed by atoms with Crippen LogP contribution in [0.3, 0.4) is 0 Å². The van der Waals surface area contributed by atoms with Crippen LogP contribution in [0.25, 0.3) is 0 Å². The highest BCUT2D eigenvalue weighted by molar-refractivity contribution is 6.10. The second-order valence-electron chi connectivity index (χ2n) is 2.72. The first kappa shape index (κ1) is 7.28. The molecule has 0 atom stereocenters. The molecule has 1 N–H and O–H groups in total. The maximum absolute atomic E-state index is 4.17. The van der Waals surface area contributed by atoms with Crippen molar-refractivity contribution in [3.8, 4) is 0 Å². The second kappa shape index (κ2) is 2.93. The standard InChI is InChI=1S/C9H11N3/c1-2-10-9-5-7(3-4-11-9)8-6-12-8/h3-5H,2,6H2,1H3,(H,10,11). The van der Waals surface area contributed by atoms with Crippen LogP contribution < -0.4 is 5.32 Å². The van der Waals surface area contributed by atoms with E-state index < -0.39 is 0 Å². The van der Waals surface area contributed by atoms with E-state index in [1.807, 2.05) is 18.3 Å². The van der Waals surface area contributed by atoms with Gasteiger partial charge in [0.15, 0.2) is 0 Å². The highest BCUT2D eigenvalue weighted by Crippen LogP contribution is 2.13. The van der Waals surface area contributed by atoms with Crippen LogP contribution in [-0.2, 0) is 0 Å². The van der Waals surface area contributed by atoms with Crippen molar-refractivity contribution in [2.45, 2.75) is 6.92 Å². The van der Waals surface area contributed by atoms with Gasteiger partial charge in [-0.25, -0.2) is 4.98 Å². The molecule has 0 saturated carbocycles. The van der Waals surface area contributed by atoms with Crippen LogP contribution in [0.5, 0.6) is 0 Å². The van der Waals surface area contributed by atoms with Crippen molar-refractivity contribution in [2.24, 2.45) is 4.99 Å². The van der Waals surface area contributed by atoms with Crippen LogP contribution in [0.1, 0.15) is 12.5 Å². The minimum atomic E-state index is 0.898. The fourth-order valence-electron chi connectivity index (χ4n) is 1.11. The molecule has 3 heteroatoms. The molecule has 2 rings (SSSR count). The molecule has 0 amide bonds. The first-order chi connectivity index (χ1) is 5.90. The Kier molecular flexibility index (Phi) is 1.78. The minimum absolute atomic E-state index is 0.898. The van der Waals surface area contributed by atoms with Gasteiger partial charge in [0.1, 0.15) is 5.82 Å². The van der Waals surface area contributed by atoms with Crippen LogP contribution >= 0.6 is 0 Å². The van der Waals surface area contributed by atoms with Crippen LogP contribution in [-0.4, -0.2) is 23.8 Å². The predicted octanol–water partition coefficient (Wildman–Crippen LogP) is 1.32. The number of pyridine rings is 1. The Balaban J connectivity index is 2.21. The van der Waals surface area contributed by atoms with Crippen LogP contribution in [0.2, 0.25) is 0 Å². The van der Waals surface area contributed by atoms with Gasteiger partial charge in [-0.2, -0.15) is 0 Å². The van der Waals surface area contributed by atoms with Gasteiger partial charge in [-0.1, -0.05) is 0 Å². The molecule has 0 unspecified atom stereocenters. The summed E-state index contributed by atoms with van der Waals surface area (Å²) in [5.41, 5.74) is 2.39. The van der Waals surface area contributed by atoms with Crippen molar-refractivity contribution < 1.29 is 0 Å². The first-order valence-corrected chi connectivity index (χ1v) is 4.14. The number of nitrogens with one attached hydrogen (secondary N) is 1. The Hall–Kier alpha value is -1.38. The summed E-state index contributed by atoms with van der Waals surface area (Å²) in [4.78, 5) is 8.31. The second-order valence-corrected chi connectivity index (χ2v) is 2.72. The lowest BCUT2D eigenvalue weighted by molar-refractivity contribution is 1.16. The molecule has 0 fully saturated rings. The van der Waals surface area contributed by atoms with Gasteiger partial charge in [0, 0.05) is 18.3 Å². The number of nitrogens with zero attached hydrogens (tertiary/aromatic N) is 2. The molecule has 0 aromatic carbocycles. The number of aliphatic imine (C=N–C) groups is 1. The van der Waals surface area contributed by atoms with Gasteiger partial charge in [-0.3, -0.25) is 4.99 Å². The molecule has 2 heterocycles. The largest absolute Gasteiger partial charge is 0.370 e. The molecule has 0 bridgehead atoms. The van der Waals surface area contributed by atoms with Gasteiger partial charge >= 0.3 is 0 Å². The first-order valence-electron chi connectivity index (χ1n) is 4.14. The summed E-state index contributed by atoms with van der Waals surface area (Å²) in [6.07, 6.45) is 1.81. The highest BCUT2D eigenvalue weighted by Gasteiger charge is 2.12. The molecule has 0 spiro atoms. The van der Waals surface area contributed by atoms with E-state index in [1.54, 1.807) is 0 Å². The van der Waals surface area contributed by atoms with Gasteiger partial charge in [-0.05, 0) is 19.1 Å². The normalized spacial score (nSPS) is 13.9. The SMILES string of the molecule is CCNc1cc(C2=NC2)ccn1. The van der Waals surface area contributed by atoms with Crippen molar-refractivity contribution in [3.63, 3.8) is 0 Å². The van der Waals surface area contributed by atoms with Crippen molar-refractivity contribution >= 4 is 11.5 Å². The highest BCUT2D eigenvalue weighted by atomic mass is 15.0. The summed E-state index contributed by atoms with van der Waals surface area (Å²) in [6.45, 7) is 3.86. The number of anilines is 1. The third-order valence-electron chi connectivity index (χ3n) is 1.77. The number of hydrogen-bond donors (Lipinski definition) is 1. The van der Waals surface area contributed by atoms with Gasteiger partial charge in [0.2, 0.25) is 0 Å². The average Bonchev–Trinajstić information content (AvgIpc) is 2.88. The summed E-state index contributed by atoms with van der Waals surface area (Å²) < 4.78 is 0. The maximum atomic E-state index is 4.17. The number of aromatic nitrogens is 1. The lowest BCUT2D eigenvalue weighted by Crippen LogP contribution is -2.00. The molecule has 0 radical (unpaired) electrons. The third kappa shape index (κ3) is 1.44. The fraction of sp³-hybridized carbons (Fsp3) is 0.333. The summed E-state index contributed by atoms with van der Waals surface area (Å²) in [5.74, 6) is 0.935. The van der Waals surface area contributed by atoms with E-state index in [9.17, 15) is 0 Å². The topological polar surface area (TPSA) is 37.3 Å². The van der Waals surface area contributed by atoms with Gasteiger partial charge in [-0.15, -0.1) is 0 Å². The Bertz CT molecular complexity index is 317. The van der Waals surface area contributed by atoms with Gasteiger partial charge in [0.25, 0.3) is 0 Å². The van der Waals surface area contributed by atoms with E-state index in [0.29, 0.717) is 0 Å². The maximum Gasteiger partial charge on any atom is 0.126 e. The van der Waals surface area contributed by atoms with Crippen molar-refractivity contribution in [1.29, 1.82) is 0 Å². The smallest absolute Gasteiger partial charge is 0.126 e. The van der Waals surface area contributed by atoms with Crippen molar-refractivity contribution in [2.75, 3.05) is 18.4 Å². The quantitative estimate of drug-likeness (QED) is 0.725. The van der Waals surface area contributed by atoms with E-state index in [1.165, 1.54) is 11.3 Å². The lowest BCUT2D eigenvalue weighted by atomic mass is 10.2. The molecular formula is C9H11N3. The third-order valence-corrected chi connectivity index (χ3v) is 1.77. The van der Waals surface area contributed by atoms with Gasteiger partial charge < -0.3 is 5.32 Å². The Morgan fingerprint density at radius 1 is 1.58 bits per heavy atom. The summed E-state index contributed by atoms with van der Waals surface area (Å²) in [5, 5.41) is 3.16. The number of rotatable bonds is 3. The zero-order valence-electron chi connectivity index (χ0n) is 7.04. The summed E-state index contributed by atoms with van der Waals surface area (Å²) in [6, 6.07) is 4.03. The Morgan fingerprint density at radius 3 is 3.08 bits per heavy atom. The molecule has 12 heavy (non-hydrogen) atoms. The van der Waals surface area contributed by atoms with Crippen molar-refractivity contribution in [3.05, 3.63) is 23.9 Å². The zero-order valence-corrected chi connectivity index (χ0v) is 7.04. The van der Waals surface area contributed by atoms with E-state index in [4.69, 9.17) is 0 Å².